The number of thiophene rings is 2. The lowest BCUT2D eigenvalue weighted by Gasteiger charge is -2.68. The molecule has 1 atom stereocenters. The van der Waals surface area contributed by atoms with Gasteiger partial charge in [0.1, 0.15) is 15.1 Å². The molecule has 0 amide bonds. The van der Waals surface area contributed by atoms with E-state index in [2.05, 4.69) is 0 Å². The number of carbonyl (C=O) groups excluding carboxylic acids is 1. The van der Waals surface area contributed by atoms with Crippen LogP contribution in [0.1, 0.15) is 37.4 Å². The van der Waals surface area contributed by atoms with Gasteiger partial charge in [-0.1, -0.05) is 39.8 Å². The van der Waals surface area contributed by atoms with Crippen molar-refractivity contribution in [2.24, 2.45) is 10.8 Å². The van der Waals surface area contributed by atoms with E-state index in [1.165, 1.54) is 22.7 Å². The SMILES string of the molecule is CC1(C)C(=O)C(C)(C)C12SC(C(F)(F)F)SC2(c1cccs1)c1cccs1. The molecule has 0 bridgehead atoms. The van der Waals surface area contributed by atoms with Crippen LogP contribution in [0, 0.1) is 10.8 Å². The average molecular weight is 449 g/mol. The molecule has 0 radical (unpaired) electrons. The first-order chi connectivity index (χ1) is 12.4. The van der Waals surface area contributed by atoms with Gasteiger partial charge in [0, 0.05) is 20.6 Å². The molecule has 27 heavy (non-hydrogen) atoms. The van der Waals surface area contributed by atoms with Crippen LogP contribution in [0.15, 0.2) is 35.0 Å². The molecule has 1 saturated heterocycles. The van der Waals surface area contributed by atoms with E-state index in [1.54, 1.807) is 0 Å². The van der Waals surface area contributed by atoms with Crippen molar-refractivity contribution < 1.29 is 18.0 Å². The second kappa shape index (κ2) is 5.80. The molecular formula is C19H19F3OS4. The van der Waals surface area contributed by atoms with E-state index < -0.39 is 31.1 Å². The highest BCUT2D eigenvalue weighted by Gasteiger charge is 2.85. The molecule has 2 aromatic rings. The number of halogens is 3. The van der Waals surface area contributed by atoms with Crippen LogP contribution >= 0.6 is 46.2 Å². The minimum atomic E-state index is -4.34. The van der Waals surface area contributed by atoms with Gasteiger partial charge in [0.05, 0.1) is 4.75 Å². The van der Waals surface area contributed by atoms with Crippen LogP contribution in [0.5, 0.6) is 0 Å². The summed E-state index contributed by atoms with van der Waals surface area (Å²) in [6, 6.07) is 7.62. The number of thioether (sulfide) groups is 2. The topological polar surface area (TPSA) is 17.1 Å². The van der Waals surface area contributed by atoms with Gasteiger partial charge in [0.2, 0.25) is 0 Å². The maximum absolute atomic E-state index is 14.0. The molecule has 1 unspecified atom stereocenters. The maximum atomic E-state index is 14.0. The Balaban J connectivity index is 2.07. The second-order valence-electron chi connectivity index (χ2n) is 8.01. The number of Topliss-reactive ketones (excluding diaryl/α,β-unsaturated/α-hetero) is 1. The highest BCUT2D eigenvalue weighted by atomic mass is 32.2. The van der Waals surface area contributed by atoms with Crippen molar-refractivity contribution in [2.75, 3.05) is 0 Å². The smallest absolute Gasteiger partial charge is 0.298 e. The van der Waals surface area contributed by atoms with E-state index >= 15 is 0 Å². The third-order valence-electron chi connectivity index (χ3n) is 5.96. The molecular weight excluding hydrogens is 429 g/mol. The molecule has 8 heteroatoms. The molecule has 2 aromatic heterocycles. The Morgan fingerprint density at radius 2 is 1.37 bits per heavy atom. The van der Waals surface area contributed by atoms with Crippen molar-refractivity contribution in [3.63, 3.8) is 0 Å². The fourth-order valence-corrected chi connectivity index (χ4v) is 12.2. The van der Waals surface area contributed by atoms with E-state index in [9.17, 15) is 18.0 Å². The van der Waals surface area contributed by atoms with Gasteiger partial charge in [0.25, 0.3) is 0 Å². The largest absolute Gasteiger partial charge is 0.409 e. The Morgan fingerprint density at radius 3 is 1.74 bits per heavy atom. The zero-order valence-corrected chi connectivity index (χ0v) is 18.5. The molecule has 1 spiro atoms. The zero-order chi connectivity index (χ0) is 19.9. The minimum Gasteiger partial charge on any atom is -0.298 e. The lowest BCUT2D eigenvalue weighted by atomic mass is 9.42. The highest BCUT2D eigenvalue weighted by molar-refractivity contribution is 8.22. The van der Waals surface area contributed by atoms with Gasteiger partial charge in [-0.25, -0.2) is 0 Å². The van der Waals surface area contributed by atoms with Crippen LogP contribution in [0.4, 0.5) is 13.2 Å². The summed E-state index contributed by atoms with van der Waals surface area (Å²) in [7, 11) is 0. The van der Waals surface area contributed by atoms with Gasteiger partial charge in [0.15, 0.2) is 0 Å². The van der Waals surface area contributed by atoms with Crippen molar-refractivity contribution in [1.82, 2.24) is 0 Å². The van der Waals surface area contributed by atoms with Crippen molar-refractivity contribution >= 4 is 52.0 Å². The molecule has 2 fully saturated rings. The Labute approximate surface area is 173 Å². The number of hydrogen-bond acceptors (Lipinski definition) is 5. The molecule has 1 aliphatic carbocycles. The summed E-state index contributed by atoms with van der Waals surface area (Å²) in [6.07, 6.45) is -4.34. The monoisotopic (exact) mass is 448 g/mol. The number of hydrogen-bond donors (Lipinski definition) is 0. The van der Waals surface area contributed by atoms with Gasteiger partial charge in [-0.3, -0.25) is 4.79 Å². The first-order valence-corrected chi connectivity index (χ1v) is 12.0. The first-order valence-electron chi connectivity index (χ1n) is 8.48. The van der Waals surface area contributed by atoms with Crippen molar-refractivity contribution in [2.45, 2.75) is 47.9 Å². The summed E-state index contributed by atoms with van der Waals surface area (Å²) in [6.45, 7) is 7.29. The van der Waals surface area contributed by atoms with E-state index in [0.717, 1.165) is 33.3 Å². The number of alkyl halides is 3. The third kappa shape index (κ3) is 2.19. The summed E-state index contributed by atoms with van der Waals surface area (Å²) in [4.78, 5) is 14.8. The predicted molar refractivity (Wildman–Crippen MR) is 110 cm³/mol. The summed E-state index contributed by atoms with van der Waals surface area (Å²) >= 11 is 4.89. The Hall–Kier alpha value is -0.440. The molecule has 1 nitrogen and oxygen atoms in total. The lowest BCUT2D eigenvalue weighted by Crippen LogP contribution is -2.77. The van der Waals surface area contributed by atoms with Gasteiger partial charge in [-0.15, -0.1) is 46.2 Å². The summed E-state index contributed by atoms with van der Waals surface area (Å²) < 4.78 is 38.5. The van der Waals surface area contributed by atoms with Crippen LogP contribution in [-0.4, -0.2) is 21.3 Å². The molecule has 146 valence electrons. The number of ketones is 1. The first kappa shape index (κ1) is 19.9. The number of rotatable bonds is 2. The molecule has 0 N–H and O–H groups in total. The van der Waals surface area contributed by atoms with Gasteiger partial charge >= 0.3 is 6.18 Å². The average Bonchev–Trinajstić information content (AvgIpc) is 3.30. The molecule has 4 rings (SSSR count). The molecule has 3 heterocycles. The fourth-order valence-electron chi connectivity index (χ4n) is 5.18. The van der Waals surface area contributed by atoms with Crippen molar-refractivity contribution in [3.8, 4) is 0 Å². The van der Waals surface area contributed by atoms with Crippen molar-refractivity contribution in [1.29, 1.82) is 0 Å². The third-order valence-corrected chi connectivity index (χ3v) is 12.6. The van der Waals surface area contributed by atoms with Gasteiger partial charge < -0.3 is 0 Å². The quantitative estimate of drug-likeness (QED) is 0.503. The normalized spacial score (nSPS) is 27.7. The maximum Gasteiger partial charge on any atom is 0.409 e. The summed E-state index contributed by atoms with van der Waals surface area (Å²) in [5.41, 5.74) is -1.75. The Kier molecular flexibility index (Phi) is 4.27. The molecule has 0 aromatic carbocycles. The van der Waals surface area contributed by atoms with E-state index in [0.29, 0.717) is 0 Å². The predicted octanol–water partition coefficient (Wildman–Crippen LogP) is 6.80. The Morgan fingerprint density at radius 1 is 0.889 bits per heavy atom. The second-order valence-corrected chi connectivity index (χ2v) is 12.8. The van der Waals surface area contributed by atoms with Crippen molar-refractivity contribution in [3.05, 3.63) is 44.8 Å². The van der Waals surface area contributed by atoms with Crippen LogP contribution < -0.4 is 0 Å². The highest BCUT2D eigenvalue weighted by Crippen LogP contribution is 2.83. The minimum absolute atomic E-state index is 0.0309. The fraction of sp³-hybridized carbons (Fsp3) is 0.526. The van der Waals surface area contributed by atoms with Gasteiger partial charge in [-0.05, 0) is 22.9 Å². The van der Waals surface area contributed by atoms with E-state index in [1.807, 2.05) is 62.7 Å². The molecule has 1 saturated carbocycles. The molecule has 2 aliphatic rings. The van der Waals surface area contributed by atoms with Crippen LogP contribution in [0.2, 0.25) is 0 Å². The summed E-state index contributed by atoms with van der Waals surface area (Å²) in [5, 5.41) is 3.82. The van der Waals surface area contributed by atoms with E-state index in [-0.39, 0.29) is 5.78 Å². The van der Waals surface area contributed by atoms with Crippen LogP contribution in [-0.2, 0) is 9.54 Å². The Bertz CT molecular complexity index is 813. The van der Waals surface area contributed by atoms with Gasteiger partial charge in [-0.2, -0.15) is 13.2 Å². The van der Waals surface area contributed by atoms with Crippen LogP contribution in [0.3, 0.4) is 0 Å². The van der Waals surface area contributed by atoms with E-state index in [4.69, 9.17) is 0 Å². The zero-order valence-electron chi connectivity index (χ0n) is 15.2. The summed E-state index contributed by atoms with van der Waals surface area (Å²) in [5.74, 6) is 0.0309. The molecule has 1 aliphatic heterocycles. The number of carbonyl (C=O) groups is 1. The standard InChI is InChI=1S/C19H19F3OS4/c1-15(2)13(23)16(3,4)19(15)17(11-7-5-9-24-11,12-8-6-10-25-12)26-14(27-19)18(20,21)22/h5-10,14H,1-4H3. The van der Waals surface area contributed by atoms with Crippen LogP contribution in [0.25, 0.3) is 0 Å². The lowest BCUT2D eigenvalue weighted by molar-refractivity contribution is -0.162.